The van der Waals surface area contributed by atoms with Crippen molar-refractivity contribution in [3.63, 3.8) is 0 Å². The molecule has 0 amide bonds. The van der Waals surface area contributed by atoms with Crippen LogP contribution in [0, 0.1) is 12.3 Å². The molecule has 1 N–H and O–H groups in total. The molecular formula is C14H13NO4. The second kappa shape index (κ2) is 5.02. The van der Waals surface area contributed by atoms with E-state index in [1.807, 2.05) is 0 Å². The van der Waals surface area contributed by atoms with Crippen LogP contribution < -0.4 is 0 Å². The van der Waals surface area contributed by atoms with E-state index in [9.17, 15) is 9.90 Å². The van der Waals surface area contributed by atoms with E-state index in [0.29, 0.717) is 11.1 Å². The molecule has 5 nitrogen and oxygen atoms in total. The zero-order valence-electron chi connectivity index (χ0n) is 10.6. The van der Waals surface area contributed by atoms with Crippen LogP contribution in [0.25, 0.3) is 0 Å². The molecule has 0 bridgehead atoms. The Hall–Kier alpha value is -2.48. The first kappa shape index (κ1) is 13.0. The number of carbonyl (C=O) groups excluding carboxylic acids is 1. The van der Waals surface area contributed by atoms with Crippen LogP contribution in [-0.4, -0.2) is 36.2 Å². The number of esters is 1. The van der Waals surface area contributed by atoms with Crippen LogP contribution in [0.1, 0.15) is 18.1 Å². The van der Waals surface area contributed by atoms with Gasteiger partial charge < -0.3 is 14.6 Å². The third kappa shape index (κ3) is 2.38. The smallest absolute Gasteiger partial charge is 0.334 e. The molecule has 0 unspecified atom stereocenters. The van der Waals surface area contributed by atoms with Crippen molar-refractivity contribution in [2.24, 2.45) is 4.99 Å². The maximum atomic E-state index is 11.5. The van der Waals surface area contributed by atoms with Gasteiger partial charge in [-0.3, -0.25) is 0 Å². The average Bonchev–Trinajstić information content (AvgIpc) is 2.79. The van der Waals surface area contributed by atoms with Gasteiger partial charge >= 0.3 is 5.97 Å². The number of terminal acetylenes is 1. The molecule has 2 rings (SSSR count). The molecule has 1 aliphatic heterocycles. The Balaban J connectivity index is 2.34. The summed E-state index contributed by atoms with van der Waals surface area (Å²) in [5, 5.41) is 9.88. The SMILES string of the molecule is C#Cc1ccc(C2=N[C@@H](C(=O)OC)[C@@H](C)O2)c(O)c1. The van der Waals surface area contributed by atoms with Gasteiger partial charge in [0.15, 0.2) is 6.04 Å². The standard InChI is InChI=1S/C14H13NO4/c1-4-9-5-6-10(11(16)7-9)13-15-12(8(2)19-13)14(17)18-3/h1,5-8,12,16H,2-3H3/t8-,12-/m1/s1. The number of aliphatic imine (C=N–C) groups is 1. The molecular weight excluding hydrogens is 246 g/mol. The monoisotopic (exact) mass is 259 g/mol. The van der Waals surface area contributed by atoms with Gasteiger partial charge in [0.1, 0.15) is 11.9 Å². The van der Waals surface area contributed by atoms with Crippen LogP contribution >= 0.6 is 0 Å². The quantitative estimate of drug-likeness (QED) is 0.637. The predicted molar refractivity (Wildman–Crippen MR) is 68.9 cm³/mol. The molecule has 0 aliphatic carbocycles. The molecule has 1 aliphatic rings. The van der Waals surface area contributed by atoms with Crippen LogP contribution in [0.5, 0.6) is 5.75 Å². The normalized spacial score (nSPS) is 21.2. The maximum absolute atomic E-state index is 11.5. The number of methoxy groups -OCH3 is 1. The number of hydrogen-bond acceptors (Lipinski definition) is 5. The number of phenols is 1. The molecule has 0 fully saturated rings. The number of aromatic hydroxyl groups is 1. The number of carbonyl (C=O) groups is 1. The average molecular weight is 259 g/mol. The second-order valence-corrected chi connectivity index (χ2v) is 4.10. The summed E-state index contributed by atoms with van der Waals surface area (Å²) < 4.78 is 10.1. The summed E-state index contributed by atoms with van der Waals surface area (Å²) >= 11 is 0. The lowest BCUT2D eigenvalue weighted by molar-refractivity contribution is -0.143. The van der Waals surface area contributed by atoms with Crippen molar-refractivity contribution >= 4 is 11.9 Å². The summed E-state index contributed by atoms with van der Waals surface area (Å²) in [5.41, 5.74) is 0.953. The van der Waals surface area contributed by atoms with E-state index in [1.54, 1.807) is 19.1 Å². The third-order valence-electron chi connectivity index (χ3n) is 2.84. The Morgan fingerprint density at radius 3 is 2.89 bits per heavy atom. The van der Waals surface area contributed by atoms with E-state index in [-0.39, 0.29) is 11.6 Å². The van der Waals surface area contributed by atoms with E-state index in [1.165, 1.54) is 13.2 Å². The molecule has 98 valence electrons. The van der Waals surface area contributed by atoms with Crippen LogP contribution in [-0.2, 0) is 14.3 Å². The maximum Gasteiger partial charge on any atom is 0.334 e. The molecule has 0 saturated carbocycles. The second-order valence-electron chi connectivity index (χ2n) is 4.10. The zero-order chi connectivity index (χ0) is 14.0. The highest BCUT2D eigenvalue weighted by Gasteiger charge is 2.35. The minimum atomic E-state index is -0.716. The number of benzene rings is 1. The van der Waals surface area contributed by atoms with Gasteiger partial charge in [-0.25, -0.2) is 9.79 Å². The van der Waals surface area contributed by atoms with Gasteiger partial charge in [0, 0.05) is 5.56 Å². The molecule has 1 aromatic rings. The molecule has 1 aromatic carbocycles. The van der Waals surface area contributed by atoms with Crippen LogP contribution in [0.3, 0.4) is 0 Å². The van der Waals surface area contributed by atoms with E-state index in [4.69, 9.17) is 11.2 Å². The van der Waals surface area contributed by atoms with Crippen molar-refractivity contribution in [1.29, 1.82) is 0 Å². The largest absolute Gasteiger partial charge is 0.507 e. The summed E-state index contributed by atoms with van der Waals surface area (Å²) in [7, 11) is 1.29. The number of ether oxygens (including phenoxy) is 2. The highest BCUT2D eigenvalue weighted by molar-refractivity contribution is 6.00. The number of phenolic OH excluding ortho intramolecular Hbond substituents is 1. The van der Waals surface area contributed by atoms with E-state index in [0.717, 1.165) is 0 Å². The molecule has 0 radical (unpaired) electrons. The van der Waals surface area contributed by atoms with Crippen LogP contribution in [0.15, 0.2) is 23.2 Å². The fraction of sp³-hybridized carbons (Fsp3) is 0.286. The summed E-state index contributed by atoms with van der Waals surface area (Å²) in [5.74, 6) is 2.12. The van der Waals surface area contributed by atoms with E-state index in [2.05, 4.69) is 15.6 Å². The lowest BCUT2D eigenvalue weighted by Gasteiger charge is -2.10. The number of hydrogen-bond donors (Lipinski definition) is 1. The molecule has 0 aromatic heterocycles. The van der Waals surface area contributed by atoms with Crippen LogP contribution in [0.4, 0.5) is 0 Å². The van der Waals surface area contributed by atoms with Gasteiger partial charge in [0.05, 0.1) is 12.7 Å². The van der Waals surface area contributed by atoms with Crippen molar-refractivity contribution in [3.05, 3.63) is 29.3 Å². The first-order valence-electron chi connectivity index (χ1n) is 5.69. The Bertz CT molecular complexity index is 586. The van der Waals surface area contributed by atoms with Crippen LogP contribution in [0.2, 0.25) is 0 Å². The Morgan fingerprint density at radius 1 is 1.58 bits per heavy atom. The molecule has 5 heteroatoms. The Kier molecular flexibility index (Phi) is 3.43. The van der Waals surface area contributed by atoms with E-state index >= 15 is 0 Å². The molecule has 0 saturated heterocycles. The topological polar surface area (TPSA) is 68.1 Å². The fourth-order valence-corrected chi connectivity index (χ4v) is 1.80. The van der Waals surface area contributed by atoms with Gasteiger partial charge in [-0.1, -0.05) is 5.92 Å². The van der Waals surface area contributed by atoms with Gasteiger partial charge in [-0.2, -0.15) is 0 Å². The van der Waals surface area contributed by atoms with Crippen molar-refractivity contribution < 1.29 is 19.4 Å². The van der Waals surface area contributed by atoms with Gasteiger partial charge in [0.2, 0.25) is 5.90 Å². The molecule has 2 atom stereocenters. The van der Waals surface area contributed by atoms with Crippen molar-refractivity contribution in [2.45, 2.75) is 19.1 Å². The van der Waals surface area contributed by atoms with Gasteiger partial charge in [-0.05, 0) is 25.1 Å². The number of nitrogens with zero attached hydrogens (tertiary/aromatic N) is 1. The third-order valence-corrected chi connectivity index (χ3v) is 2.84. The minimum Gasteiger partial charge on any atom is -0.507 e. The predicted octanol–water partition coefficient (Wildman–Crippen LogP) is 1.08. The summed E-state index contributed by atoms with van der Waals surface area (Å²) in [6.07, 6.45) is 4.80. The fourth-order valence-electron chi connectivity index (χ4n) is 1.80. The molecule has 19 heavy (non-hydrogen) atoms. The number of rotatable bonds is 2. The van der Waals surface area contributed by atoms with E-state index < -0.39 is 18.1 Å². The summed E-state index contributed by atoms with van der Waals surface area (Å²) in [6, 6.07) is 4.00. The Morgan fingerprint density at radius 2 is 2.32 bits per heavy atom. The lowest BCUT2D eigenvalue weighted by Crippen LogP contribution is -2.28. The highest BCUT2D eigenvalue weighted by Crippen LogP contribution is 2.25. The van der Waals surface area contributed by atoms with Crippen molar-refractivity contribution in [1.82, 2.24) is 0 Å². The lowest BCUT2D eigenvalue weighted by atomic mass is 10.1. The van der Waals surface area contributed by atoms with Crippen molar-refractivity contribution in [2.75, 3.05) is 7.11 Å². The highest BCUT2D eigenvalue weighted by atomic mass is 16.5. The molecule has 1 heterocycles. The molecule has 0 spiro atoms. The Labute approximate surface area is 110 Å². The first-order valence-corrected chi connectivity index (χ1v) is 5.69. The minimum absolute atomic E-state index is 0.0353. The van der Waals surface area contributed by atoms with Gasteiger partial charge in [-0.15, -0.1) is 6.42 Å². The summed E-state index contributed by atoms with van der Waals surface area (Å²) in [4.78, 5) is 15.6. The summed E-state index contributed by atoms with van der Waals surface area (Å²) in [6.45, 7) is 1.71. The first-order chi connectivity index (χ1) is 9.06. The van der Waals surface area contributed by atoms with Gasteiger partial charge in [0.25, 0.3) is 0 Å². The van der Waals surface area contributed by atoms with Crippen molar-refractivity contribution in [3.8, 4) is 18.1 Å². The zero-order valence-corrected chi connectivity index (χ0v) is 10.6.